The minimum Gasteiger partial charge on any atom is -0.494 e. The second-order valence-electron chi connectivity index (χ2n) is 6.72. The first-order chi connectivity index (χ1) is 12.8. The van der Waals surface area contributed by atoms with Gasteiger partial charge in [-0.2, -0.15) is 0 Å². The summed E-state index contributed by atoms with van der Waals surface area (Å²) >= 11 is 1.38. The average Bonchev–Trinajstić information content (AvgIpc) is 2.62. The predicted octanol–water partition coefficient (Wildman–Crippen LogP) is 3.83. The van der Waals surface area contributed by atoms with Crippen molar-refractivity contribution in [2.75, 3.05) is 23.1 Å². The number of ether oxygens (including phenoxy) is 1. The number of carbonyl (C=O) groups is 2. The third-order valence-electron chi connectivity index (χ3n) is 4.47. The summed E-state index contributed by atoms with van der Waals surface area (Å²) in [4.78, 5) is 26.9. The Morgan fingerprint density at radius 3 is 2.70 bits per heavy atom. The van der Waals surface area contributed by atoms with E-state index in [0.29, 0.717) is 17.1 Å². The minimum atomic E-state index is -0.988. The zero-order valence-electron chi connectivity index (χ0n) is 15.4. The zero-order valence-corrected chi connectivity index (χ0v) is 16.2. The molecular formula is C20H21FN2O3S. The molecule has 0 atom stereocenters. The van der Waals surface area contributed by atoms with Crippen molar-refractivity contribution in [1.82, 2.24) is 0 Å². The van der Waals surface area contributed by atoms with Gasteiger partial charge in [0.25, 0.3) is 0 Å². The Bertz CT molecular complexity index is 885. The highest BCUT2D eigenvalue weighted by molar-refractivity contribution is 7.99. The Labute approximate surface area is 161 Å². The molecule has 0 radical (unpaired) electrons. The molecule has 0 saturated heterocycles. The summed E-state index contributed by atoms with van der Waals surface area (Å²) in [5, 5.41) is 2.84. The van der Waals surface area contributed by atoms with Gasteiger partial charge in [-0.1, -0.05) is 18.2 Å². The highest BCUT2D eigenvalue weighted by Crippen LogP contribution is 2.37. The van der Waals surface area contributed by atoms with Gasteiger partial charge in [-0.05, 0) is 43.7 Å². The largest absolute Gasteiger partial charge is 0.494 e. The SMILES string of the molecule is COc1ccc(CSCC(=O)N2c3ccccc3NC(=O)C2(C)C)cc1F. The summed E-state index contributed by atoms with van der Waals surface area (Å²) in [6.45, 7) is 3.44. The van der Waals surface area contributed by atoms with Gasteiger partial charge in [-0.3, -0.25) is 14.5 Å². The van der Waals surface area contributed by atoms with Crippen LogP contribution in [0.15, 0.2) is 42.5 Å². The molecule has 2 aromatic rings. The molecule has 0 aliphatic carbocycles. The standard InChI is InChI=1S/C20H21FN2O3S/c1-20(2)19(25)22-15-6-4-5-7-16(15)23(20)18(24)12-27-11-13-8-9-17(26-3)14(21)10-13/h4-10H,11-12H2,1-3H3,(H,22,25). The molecule has 1 aliphatic heterocycles. The Kier molecular flexibility index (Phi) is 5.41. The van der Waals surface area contributed by atoms with Crippen LogP contribution >= 0.6 is 11.8 Å². The van der Waals surface area contributed by atoms with Crippen molar-refractivity contribution in [2.24, 2.45) is 0 Å². The molecule has 27 heavy (non-hydrogen) atoms. The first-order valence-corrected chi connectivity index (χ1v) is 9.63. The van der Waals surface area contributed by atoms with Crippen LogP contribution in [0.4, 0.5) is 15.8 Å². The summed E-state index contributed by atoms with van der Waals surface area (Å²) in [5.41, 5.74) is 1.08. The monoisotopic (exact) mass is 388 g/mol. The Balaban J connectivity index is 1.72. The molecule has 5 nitrogen and oxygen atoms in total. The third kappa shape index (κ3) is 3.78. The van der Waals surface area contributed by atoms with Crippen molar-refractivity contribution in [1.29, 1.82) is 0 Å². The number of nitrogens with zero attached hydrogens (tertiary/aromatic N) is 1. The number of amides is 2. The van der Waals surface area contributed by atoms with Crippen molar-refractivity contribution in [2.45, 2.75) is 25.1 Å². The Morgan fingerprint density at radius 2 is 2.00 bits per heavy atom. The number of hydrogen-bond acceptors (Lipinski definition) is 4. The molecule has 2 aromatic carbocycles. The first-order valence-electron chi connectivity index (χ1n) is 8.48. The maximum Gasteiger partial charge on any atom is 0.250 e. The molecule has 1 N–H and O–H groups in total. The molecule has 0 unspecified atom stereocenters. The van der Waals surface area contributed by atoms with E-state index in [9.17, 15) is 14.0 Å². The van der Waals surface area contributed by atoms with Crippen LogP contribution in [-0.2, 0) is 15.3 Å². The molecule has 3 rings (SSSR count). The molecule has 0 aromatic heterocycles. The summed E-state index contributed by atoms with van der Waals surface area (Å²) in [6, 6.07) is 12.0. The van der Waals surface area contributed by atoms with E-state index < -0.39 is 11.4 Å². The van der Waals surface area contributed by atoms with Crippen molar-refractivity contribution < 1.29 is 18.7 Å². The molecule has 2 amide bonds. The minimum absolute atomic E-state index is 0.165. The number of carbonyl (C=O) groups excluding carboxylic acids is 2. The van der Waals surface area contributed by atoms with Gasteiger partial charge in [-0.25, -0.2) is 4.39 Å². The number of para-hydroxylation sites is 2. The van der Waals surface area contributed by atoms with Crippen LogP contribution in [0.1, 0.15) is 19.4 Å². The number of halogens is 1. The number of anilines is 2. The lowest BCUT2D eigenvalue weighted by molar-refractivity contribution is -0.125. The maximum absolute atomic E-state index is 13.8. The lowest BCUT2D eigenvalue weighted by Gasteiger charge is -2.42. The fourth-order valence-corrected chi connectivity index (χ4v) is 3.84. The summed E-state index contributed by atoms with van der Waals surface area (Å²) in [7, 11) is 1.42. The summed E-state index contributed by atoms with van der Waals surface area (Å²) in [6.07, 6.45) is 0. The fraction of sp³-hybridized carbons (Fsp3) is 0.300. The third-order valence-corrected chi connectivity index (χ3v) is 5.46. The highest BCUT2D eigenvalue weighted by Gasteiger charge is 2.43. The summed E-state index contributed by atoms with van der Waals surface area (Å²) < 4.78 is 18.7. The first kappa shape index (κ1) is 19.2. The topological polar surface area (TPSA) is 58.6 Å². The maximum atomic E-state index is 13.8. The predicted molar refractivity (Wildman–Crippen MR) is 106 cm³/mol. The van der Waals surface area contributed by atoms with Gasteiger partial charge in [0.1, 0.15) is 5.54 Å². The molecule has 0 fully saturated rings. The van der Waals surface area contributed by atoms with Crippen LogP contribution in [0, 0.1) is 5.82 Å². The Hall–Kier alpha value is -2.54. The molecule has 1 aliphatic rings. The van der Waals surface area contributed by atoms with Crippen LogP contribution in [0.25, 0.3) is 0 Å². The van der Waals surface area contributed by atoms with E-state index in [2.05, 4.69) is 5.32 Å². The fourth-order valence-electron chi connectivity index (χ4n) is 3.02. The lowest BCUT2D eigenvalue weighted by Crippen LogP contribution is -2.58. The van der Waals surface area contributed by atoms with Crippen LogP contribution in [0.5, 0.6) is 5.75 Å². The summed E-state index contributed by atoms with van der Waals surface area (Å²) in [5.74, 6) is 0.0354. The van der Waals surface area contributed by atoms with E-state index in [4.69, 9.17) is 4.74 Å². The van der Waals surface area contributed by atoms with E-state index in [1.165, 1.54) is 24.9 Å². The molecule has 1 heterocycles. The Morgan fingerprint density at radius 1 is 1.26 bits per heavy atom. The highest BCUT2D eigenvalue weighted by atomic mass is 32.2. The number of fused-ring (bicyclic) bond motifs is 1. The number of rotatable bonds is 5. The van der Waals surface area contributed by atoms with Crippen LogP contribution in [-0.4, -0.2) is 30.2 Å². The second kappa shape index (κ2) is 7.60. The number of hydrogen-bond donors (Lipinski definition) is 1. The lowest BCUT2D eigenvalue weighted by atomic mass is 9.96. The number of nitrogens with one attached hydrogen (secondary N) is 1. The van der Waals surface area contributed by atoms with E-state index >= 15 is 0 Å². The molecule has 0 spiro atoms. The van der Waals surface area contributed by atoms with E-state index in [-0.39, 0.29) is 23.3 Å². The molecule has 142 valence electrons. The smallest absolute Gasteiger partial charge is 0.250 e. The van der Waals surface area contributed by atoms with Gasteiger partial charge in [0.15, 0.2) is 11.6 Å². The molecular weight excluding hydrogens is 367 g/mol. The van der Waals surface area contributed by atoms with Gasteiger partial charge < -0.3 is 10.1 Å². The molecule has 7 heteroatoms. The molecule has 0 bridgehead atoms. The van der Waals surface area contributed by atoms with Gasteiger partial charge >= 0.3 is 0 Å². The van der Waals surface area contributed by atoms with Crippen molar-refractivity contribution in [3.63, 3.8) is 0 Å². The average molecular weight is 388 g/mol. The van der Waals surface area contributed by atoms with E-state index in [1.807, 2.05) is 18.2 Å². The normalized spacial score (nSPS) is 15.1. The van der Waals surface area contributed by atoms with Crippen molar-refractivity contribution >= 4 is 35.0 Å². The molecule has 0 saturated carbocycles. The zero-order chi connectivity index (χ0) is 19.6. The quantitative estimate of drug-likeness (QED) is 0.846. The number of methoxy groups -OCH3 is 1. The van der Waals surface area contributed by atoms with Crippen LogP contribution in [0.3, 0.4) is 0 Å². The number of benzene rings is 2. The van der Waals surface area contributed by atoms with Gasteiger partial charge in [0.2, 0.25) is 11.8 Å². The van der Waals surface area contributed by atoms with Gasteiger partial charge in [0.05, 0.1) is 24.2 Å². The van der Waals surface area contributed by atoms with Gasteiger partial charge in [-0.15, -0.1) is 11.8 Å². The van der Waals surface area contributed by atoms with Crippen molar-refractivity contribution in [3.8, 4) is 5.75 Å². The van der Waals surface area contributed by atoms with Crippen LogP contribution in [0.2, 0.25) is 0 Å². The van der Waals surface area contributed by atoms with Gasteiger partial charge in [0, 0.05) is 5.75 Å². The van der Waals surface area contributed by atoms with Crippen LogP contribution < -0.4 is 15.0 Å². The van der Waals surface area contributed by atoms with Crippen molar-refractivity contribution in [3.05, 3.63) is 53.8 Å². The van der Waals surface area contributed by atoms with E-state index in [1.54, 1.807) is 36.9 Å². The second-order valence-corrected chi connectivity index (χ2v) is 7.71. The van der Waals surface area contributed by atoms with E-state index in [0.717, 1.165) is 5.56 Å². The number of thioether (sulfide) groups is 1.